The van der Waals surface area contributed by atoms with Crippen LogP contribution < -0.4 is 10.6 Å². The van der Waals surface area contributed by atoms with E-state index in [4.69, 9.17) is 16.3 Å². The quantitative estimate of drug-likeness (QED) is 0.339. The number of methoxy groups -OCH3 is 1. The van der Waals surface area contributed by atoms with Crippen molar-refractivity contribution in [2.24, 2.45) is 0 Å². The third-order valence-electron chi connectivity index (χ3n) is 2.45. The van der Waals surface area contributed by atoms with Gasteiger partial charge in [0.05, 0.1) is 22.8 Å². The Morgan fingerprint density at radius 2 is 2.14 bits per heavy atom. The molecule has 1 rings (SSSR count). The van der Waals surface area contributed by atoms with Crippen LogP contribution in [0.25, 0.3) is 0 Å². The molecule has 2 N–H and O–H groups in total. The Morgan fingerprint density at radius 1 is 1.43 bits per heavy atom. The van der Waals surface area contributed by atoms with Crippen LogP contribution in [0.2, 0.25) is 0 Å². The Labute approximate surface area is 125 Å². The number of halogens is 1. The van der Waals surface area contributed by atoms with Gasteiger partial charge in [0.1, 0.15) is 5.88 Å². The van der Waals surface area contributed by atoms with Crippen LogP contribution in [0.1, 0.15) is 10.4 Å². The summed E-state index contributed by atoms with van der Waals surface area (Å²) in [5, 5.41) is 15.7. The molecule has 1 aromatic rings. The zero-order valence-corrected chi connectivity index (χ0v) is 12.0. The number of nitrogens with one attached hydrogen (secondary N) is 2. The van der Waals surface area contributed by atoms with Crippen LogP contribution in [-0.2, 0) is 9.53 Å². The van der Waals surface area contributed by atoms with E-state index in [1.54, 1.807) is 0 Å². The molecule has 9 heteroatoms. The van der Waals surface area contributed by atoms with E-state index in [1.165, 1.54) is 19.2 Å². The molecular weight excluding hydrogens is 302 g/mol. The number of anilines is 1. The molecule has 0 aliphatic carbocycles. The summed E-state index contributed by atoms with van der Waals surface area (Å²) >= 11 is 5.38. The fraction of sp³-hybridized carbons (Fsp3) is 0.333. The Bertz CT molecular complexity index is 550. The molecule has 0 bridgehead atoms. The molecule has 114 valence electrons. The predicted octanol–water partition coefficient (Wildman–Crippen LogP) is 1.15. The van der Waals surface area contributed by atoms with Crippen LogP contribution in [0.5, 0.6) is 0 Å². The fourth-order valence-electron chi connectivity index (χ4n) is 1.49. The summed E-state index contributed by atoms with van der Waals surface area (Å²) in [7, 11) is 1.48. The van der Waals surface area contributed by atoms with Gasteiger partial charge >= 0.3 is 0 Å². The van der Waals surface area contributed by atoms with Crippen LogP contribution in [0.15, 0.2) is 18.2 Å². The minimum absolute atomic E-state index is 0.0150. The van der Waals surface area contributed by atoms with Crippen LogP contribution in [0, 0.1) is 10.1 Å². The SMILES string of the molecule is COCCNC(=O)c1cc([N+](=O)[O-])ccc1NC(=O)CCl. The molecule has 0 fully saturated rings. The number of nitro benzene ring substituents is 1. The second-order valence-corrected chi connectivity index (χ2v) is 4.18. The van der Waals surface area contributed by atoms with Gasteiger partial charge in [-0.25, -0.2) is 0 Å². The molecule has 0 radical (unpaired) electrons. The lowest BCUT2D eigenvalue weighted by Gasteiger charge is -2.10. The molecule has 0 aromatic heterocycles. The summed E-state index contributed by atoms with van der Waals surface area (Å²) in [6, 6.07) is 3.57. The number of carbonyl (C=O) groups excluding carboxylic acids is 2. The van der Waals surface area contributed by atoms with Crippen molar-refractivity contribution < 1.29 is 19.2 Å². The first-order chi connectivity index (χ1) is 9.99. The zero-order valence-electron chi connectivity index (χ0n) is 11.2. The van der Waals surface area contributed by atoms with E-state index < -0.39 is 16.7 Å². The van der Waals surface area contributed by atoms with Gasteiger partial charge in [-0.05, 0) is 6.07 Å². The van der Waals surface area contributed by atoms with Crippen molar-refractivity contribution in [3.8, 4) is 0 Å². The molecule has 0 aliphatic heterocycles. The van der Waals surface area contributed by atoms with E-state index in [2.05, 4.69) is 10.6 Å². The van der Waals surface area contributed by atoms with Crippen LogP contribution in [-0.4, -0.2) is 42.9 Å². The molecule has 0 heterocycles. The fourth-order valence-corrected chi connectivity index (χ4v) is 1.55. The average molecular weight is 316 g/mol. The molecule has 2 amide bonds. The normalized spacial score (nSPS) is 10.0. The Kier molecular flexibility index (Phi) is 6.57. The van der Waals surface area contributed by atoms with Crippen molar-refractivity contribution >= 4 is 34.8 Å². The lowest BCUT2D eigenvalue weighted by molar-refractivity contribution is -0.384. The number of carbonyl (C=O) groups is 2. The number of hydrogen-bond acceptors (Lipinski definition) is 5. The molecule has 1 aromatic carbocycles. The zero-order chi connectivity index (χ0) is 15.8. The van der Waals surface area contributed by atoms with Gasteiger partial charge in [0, 0.05) is 25.8 Å². The van der Waals surface area contributed by atoms with Gasteiger partial charge in [0.2, 0.25) is 5.91 Å². The largest absolute Gasteiger partial charge is 0.383 e. The van der Waals surface area contributed by atoms with Crippen molar-refractivity contribution in [3.05, 3.63) is 33.9 Å². The van der Waals surface area contributed by atoms with Gasteiger partial charge in [-0.2, -0.15) is 0 Å². The highest BCUT2D eigenvalue weighted by Crippen LogP contribution is 2.22. The summed E-state index contributed by atoms with van der Waals surface area (Å²) < 4.78 is 4.79. The topological polar surface area (TPSA) is 111 Å². The minimum Gasteiger partial charge on any atom is -0.383 e. The second kappa shape index (κ2) is 8.18. The number of rotatable bonds is 7. The van der Waals surface area contributed by atoms with Gasteiger partial charge < -0.3 is 15.4 Å². The molecule has 21 heavy (non-hydrogen) atoms. The highest BCUT2D eigenvalue weighted by Gasteiger charge is 2.17. The third kappa shape index (κ3) is 5.01. The molecule has 0 saturated heterocycles. The standard InChI is InChI=1S/C12H14ClN3O5/c1-21-5-4-14-12(18)9-6-8(16(19)20)2-3-10(9)15-11(17)7-13/h2-3,6H,4-5,7H2,1H3,(H,14,18)(H,15,17). The maximum atomic E-state index is 12.0. The number of nitro groups is 1. The third-order valence-corrected chi connectivity index (χ3v) is 2.69. The highest BCUT2D eigenvalue weighted by molar-refractivity contribution is 6.29. The van der Waals surface area contributed by atoms with E-state index in [0.29, 0.717) is 6.61 Å². The predicted molar refractivity (Wildman–Crippen MR) is 76.7 cm³/mol. The van der Waals surface area contributed by atoms with E-state index in [0.717, 1.165) is 6.07 Å². The Balaban J connectivity index is 3.04. The number of ether oxygens (including phenoxy) is 1. The number of nitrogens with zero attached hydrogens (tertiary/aromatic N) is 1. The van der Waals surface area contributed by atoms with Crippen molar-refractivity contribution in [1.82, 2.24) is 5.32 Å². The molecule has 0 unspecified atom stereocenters. The monoisotopic (exact) mass is 315 g/mol. The van der Waals surface area contributed by atoms with E-state index >= 15 is 0 Å². The molecule has 0 spiro atoms. The number of benzene rings is 1. The van der Waals surface area contributed by atoms with E-state index in [9.17, 15) is 19.7 Å². The van der Waals surface area contributed by atoms with Crippen molar-refractivity contribution in [2.45, 2.75) is 0 Å². The molecule has 0 saturated carbocycles. The first-order valence-electron chi connectivity index (χ1n) is 5.91. The molecule has 0 atom stereocenters. The van der Waals surface area contributed by atoms with Crippen LogP contribution in [0.3, 0.4) is 0 Å². The smallest absolute Gasteiger partial charge is 0.270 e. The summed E-state index contributed by atoms with van der Waals surface area (Å²) in [5.74, 6) is -1.36. The molecular formula is C12H14ClN3O5. The van der Waals surface area contributed by atoms with Crippen LogP contribution in [0.4, 0.5) is 11.4 Å². The lowest BCUT2D eigenvalue weighted by Crippen LogP contribution is -2.28. The minimum atomic E-state index is -0.626. The van der Waals surface area contributed by atoms with Gasteiger partial charge in [0.25, 0.3) is 11.6 Å². The summed E-state index contributed by atoms with van der Waals surface area (Å²) in [6.07, 6.45) is 0. The van der Waals surface area contributed by atoms with E-state index in [1.807, 2.05) is 0 Å². The summed E-state index contributed by atoms with van der Waals surface area (Å²) in [5.41, 5.74) is -0.115. The molecule has 0 aliphatic rings. The second-order valence-electron chi connectivity index (χ2n) is 3.92. The van der Waals surface area contributed by atoms with E-state index in [-0.39, 0.29) is 29.4 Å². The summed E-state index contributed by atoms with van der Waals surface area (Å²) in [4.78, 5) is 33.5. The lowest BCUT2D eigenvalue weighted by atomic mass is 10.1. The highest BCUT2D eigenvalue weighted by atomic mass is 35.5. The number of non-ortho nitro benzene ring substituents is 1. The Morgan fingerprint density at radius 3 is 2.71 bits per heavy atom. The van der Waals surface area contributed by atoms with Gasteiger partial charge in [-0.1, -0.05) is 0 Å². The average Bonchev–Trinajstić information content (AvgIpc) is 2.47. The maximum Gasteiger partial charge on any atom is 0.270 e. The van der Waals surface area contributed by atoms with Gasteiger partial charge in [0.15, 0.2) is 0 Å². The number of alkyl halides is 1. The summed E-state index contributed by atoms with van der Waals surface area (Å²) in [6.45, 7) is 0.533. The number of hydrogen-bond donors (Lipinski definition) is 2. The number of amides is 2. The van der Waals surface area contributed by atoms with Crippen molar-refractivity contribution in [1.29, 1.82) is 0 Å². The van der Waals surface area contributed by atoms with Gasteiger partial charge in [-0.3, -0.25) is 19.7 Å². The molecule has 8 nitrogen and oxygen atoms in total. The van der Waals surface area contributed by atoms with Crippen molar-refractivity contribution in [2.75, 3.05) is 31.5 Å². The Hall–Kier alpha value is -2.19. The van der Waals surface area contributed by atoms with Gasteiger partial charge in [-0.15, -0.1) is 11.6 Å². The maximum absolute atomic E-state index is 12.0. The van der Waals surface area contributed by atoms with Crippen molar-refractivity contribution in [3.63, 3.8) is 0 Å². The first kappa shape index (κ1) is 16.9. The first-order valence-corrected chi connectivity index (χ1v) is 6.44. The van der Waals surface area contributed by atoms with Crippen LogP contribution >= 0.6 is 11.6 Å².